The highest BCUT2D eigenvalue weighted by atomic mass is 32.2. The molecule has 1 amide bonds. The smallest absolute Gasteiger partial charge is 0.248 e. The van der Waals surface area contributed by atoms with Gasteiger partial charge >= 0.3 is 0 Å². The number of nitrogens with one attached hydrogen (secondary N) is 1. The Morgan fingerprint density at radius 1 is 1.07 bits per heavy atom. The van der Waals surface area contributed by atoms with Crippen LogP contribution in [0.25, 0.3) is 0 Å². The van der Waals surface area contributed by atoms with Crippen LogP contribution in [0, 0.1) is 12.7 Å². The van der Waals surface area contributed by atoms with Gasteiger partial charge in [-0.2, -0.15) is 0 Å². The average molecular weight is 392 g/mol. The summed E-state index contributed by atoms with van der Waals surface area (Å²) in [7, 11) is -3.75. The number of amides is 1. The van der Waals surface area contributed by atoms with E-state index in [9.17, 15) is 17.6 Å². The first-order valence-electron chi connectivity index (χ1n) is 8.67. The molecule has 146 valence electrons. The monoisotopic (exact) mass is 392 g/mol. The molecule has 0 saturated heterocycles. The number of anilines is 2. The number of halogens is 1. The quantitative estimate of drug-likeness (QED) is 0.806. The van der Waals surface area contributed by atoms with Crippen LogP contribution in [-0.4, -0.2) is 26.6 Å². The van der Waals surface area contributed by atoms with Crippen molar-refractivity contribution in [2.75, 3.05) is 15.9 Å². The number of hydrogen-bond acceptors (Lipinski definition) is 3. The zero-order valence-corrected chi connectivity index (χ0v) is 17.0. The van der Waals surface area contributed by atoms with Crippen molar-refractivity contribution in [3.8, 4) is 0 Å². The molecule has 0 spiro atoms. The van der Waals surface area contributed by atoms with Crippen LogP contribution in [0.15, 0.2) is 42.5 Å². The van der Waals surface area contributed by atoms with Gasteiger partial charge in [0, 0.05) is 5.69 Å². The van der Waals surface area contributed by atoms with Gasteiger partial charge in [0.1, 0.15) is 11.9 Å². The van der Waals surface area contributed by atoms with Crippen molar-refractivity contribution in [1.82, 2.24) is 0 Å². The first-order valence-corrected chi connectivity index (χ1v) is 10.5. The third-order valence-corrected chi connectivity index (χ3v) is 5.59. The van der Waals surface area contributed by atoms with E-state index in [2.05, 4.69) is 5.32 Å². The summed E-state index contributed by atoms with van der Waals surface area (Å²) in [5.74, 6) is -0.745. The standard InChI is InChI=1S/C20H25FN2O3S/c1-13(2)18-8-6-7-14(3)19(18)22-20(24)15(4)23(27(5,25)26)17-11-9-16(21)10-12-17/h6-13,15H,1-5H3,(H,22,24)/t15-/m1/s1. The molecule has 7 heteroatoms. The van der Waals surface area contributed by atoms with Crippen LogP contribution in [0.2, 0.25) is 0 Å². The highest BCUT2D eigenvalue weighted by molar-refractivity contribution is 7.92. The van der Waals surface area contributed by atoms with E-state index < -0.39 is 27.8 Å². The van der Waals surface area contributed by atoms with E-state index >= 15 is 0 Å². The molecule has 0 aromatic heterocycles. The fourth-order valence-corrected chi connectivity index (χ4v) is 4.14. The Morgan fingerprint density at radius 2 is 1.67 bits per heavy atom. The maximum atomic E-state index is 13.2. The van der Waals surface area contributed by atoms with Gasteiger partial charge in [0.2, 0.25) is 15.9 Å². The Hall–Kier alpha value is -2.41. The van der Waals surface area contributed by atoms with E-state index in [1.165, 1.54) is 19.1 Å². The third kappa shape index (κ3) is 4.86. The fourth-order valence-electron chi connectivity index (χ4n) is 2.97. The number of rotatable bonds is 6. The van der Waals surface area contributed by atoms with Crippen molar-refractivity contribution >= 4 is 27.3 Å². The van der Waals surface area contributed by atoms with E-state index in [4.69, 9.17) is 0 Å². The summed E-state index contributed by atoms with van der Waals surface area (Å²) >= 11 is 0. The summed E-state index contributed by atoms with van der Waals surface area (Å²) in [5.41, 5.74) is 2.80. The van der Waals surface area contributed by atoms with Crippen molar-refractivity contribution in [2.45, 2.75) is 39.7 Å². The van der Waals surface area contributed by atoms with Gasteiger partial charge in [0.05, 0.1) is 11.9 Å². The number of benzene rings is 2. The van der Waals surface area contributed by atoms with E-state index in [-0.39, 0.29) is 11.6 Å². The average Bonchev–Trinajstić information content (AvgIpc) is 2.57. The van der Waals surface area contributed by atoms with Gasteiger partial charge in [-0.15, -0.1) is 0 Å². The number of para-hydroxylation sites is 1. The molecule has 0 saturated carbocycles. The molecule has 5 nitrogen and oxygen atoms in total. The van der Waals surface area contributed by atoms with Crippen LogP contribution < -0.4 is 9.62 Å². The molecule has 0 unspecified atom stereocenters. The normalized spacial score (nSPS) is 12.7. The summed E-state index contributed by atoms with van der Waals surface area (Å²) in [4.78, 5) is 12.9. The Kier molecular flexibility index (Phi) is 6.26. The van der Waals surface area contributed by atoms with Crippen LogP contribution in [0.1, 0.15) is 37.8 Å². The summed E-state index contributed by atoms with van der Waals surface area (Å²) in [6, 6.07) is 9.75. The molecule has 1 N–H and O–H groups in total. The molecule has 0 aliphatic heterocycles. The number of nitrogens with zero attached hydrogens (tertiary/aromatic N) is 1. The largest absolute Gasteiger partial charge is 0.324 e. The molecule has 2 aromatic rings. The summed E-state index contributed by atoms with van der Waals surface area (Å²) < 4.78 is 38.8. The van der Waals surface area contributed by atoms with Gasteiger partial charge in [-0.25, -0.2) is 12.8 Å². The van der Waals surface area contributed by atoms with E-state index in [1.54, 1.807) is 0 Å². The molecule has 0 fully saturated rings. The molecule has 1 atom stereocenters. The third-order valence-electron chi connectivity index (χ3n) is 4.34. The van der Waals surface area contributed by atoms with Crippen molar-refractivity contribution < 1.29 is 17.6 Å². The number of carbonyl (C=O) groups excluding carboxylic acids is 1. The SMILES string of the molecule is Cc1cccc(C(C)C)c1NC(=O)[C@@H](C)N(c1ccc(F)cc1)S(C)(=O)=O. The molecule has 0 aliphatic rings. The number of carbonyl (C=O) groups is 1. The van der Waals surface area contributed by atoms with Crippen molar-refractivity contribution in [1.29, 1.82) is 0 Å². The van der Waals surface area contributed by atoms with Gasteiger partial charge in [-0.05, 0) is 55.2 Å². The lowest BCUT2D eigenvalue weighted by molar-refractivity contribution is -0.116. The Balaban J connectivity index is 2.38. The lowest BCUT2D eigenvalue weighted by atomic mass is 9.98. The molecular formula is C20H25FN2O3S. The van der Waals surface area contributed by atoms with Gasteiger partial charge in [0.25, 0.3) is 0 Å². The predicted octanol–water partition coefficient (Wildman–Crippen LogP) is 4.05. The second-order valence-electron chi connectivity index (χ2n) is 6.89. The maximum Gasteiger partial charge on any atom is 0.248 e. The van der Waals surface area contributed by atoms with E-state index in [0.29, 0.717) is 5.69 Å². The molecule has 27 heavy (non-hydrogen) atoms. The van der Waals surface area contributed by atoms with Crippen LogP contribution in [0.3, 0.4) is 0 Å². The van der Waals surface area contributed by atoms with Gasteiger partial charge in [-0.3, -0.25) is 9.10 Å². The lowest BCUT2D eigenvalue weighted by Crippen LogP contribution is -2.45. The second-order valence-corrected chi connectivity index (χ2v) is 8.75. The minimum Gasteiger partial charge on any atom is -0.324 e. The minimum absolute atomic E-state index is 0.193. The summed E-state index contributed by atoms with van der Waals surface area (Å²) in [6.45, 7) is 7.44. The molecule has 0 bridgehead atoms. The van der Waals surface area contributed by atoms with E-state index in [1.807, 2.05) is 39.0 Å². The Morgan fingerprint density at radius 3 is 2.19 bits per heavy atom. The number of aryl methyl sites for hydroxylation is 1. The Bertz CT molecular complexity index is 925. The van der Waals surface area contributed by atoms with Gasteiger partial charge in [-0.1, -0.05) is 32.0 Å². The molecule has 0 heterocycles. The van der Waals surface area contributed by atoms with Crippen LogP contribution in [0.4, 0.5) is 15.8 Å². The molecule has 2 rings (SSSR count). The first kappa shape index (κ1) is 20.9. The van der Waals surface area contributed by atoms with Gasteiger partial charge in [0.15, 0.2) is 0 Å². The van der Waals surface area contributed by atoms with E-state index in [0.717, 1.165) is 33.8 Å². The van der Waals surface area contributed by atoms with Crippen molar-refractivity contribution in [3.63, 3.8) is 0 Å². The topological polar surface area (TPSA) is 66.5 Å². The highest BCUT2D eigenvalue weighted by Crippen LogP contribution is 2.28. The molecular weight excluding hydrogens is 367 g/mol. The first-order chi connectivity index (χ1) is 12.5. The predicted molar refractivity (Wildman–Crippen MR) is 107 cm³/mol. The van der Waals surface area contributed by atoms with Crippen LogP contribution in [0.5, 0.6) is 0 Å². The van der Waals surface area contributed by atoms with Crippen LogP contribution >= 0.6 is 0 Å². The van der Waals surface area contributed by atoms with Crippen molar-refractivity contribution in [3.05, 3.63) is 59.4 Å². The van der Waals surface area contributed by atoms with Crippen molar-refractivity contribution in [2.24, 2.45) is 0 Å². The van der Waals surface area contributed by atoms with Gasteiger partial charge < -0.3 is 5.32 Å². The zero-order chi connectivity index (χ0) is 20.4. The number of sulfonamides is 1. The van der Waals surface area contributed by atoms with Crippen LogP contribution in [-0.2, 0) is 14.8 Å². The minimum atomic E-state index is -3.75. The second kappa shape index (κ2) is 8.08. The maximum absolute atomic E-state index is 13.2. The number of hydrogen-bond donors (Lipinski definition) is 1. The molecule has 0 radical (unpaired) electrons. The fraction of sp³-hybridized carbons (Fsp3) is 0.350. The summed E-state index contributed by atoms with van der Waals surface area (Å²) in [5, 5.41) is 2.87. The highest BCUT2D eigenvalue weighted by Gasteiger charge is 2.29. The lowest BCUT2D eigenvalue weighted by Gasteiger charge is -2.29. The molecule has 2 aromatic carbocycles. The zero-order valence-electron chi connectivity index (χ0n) is 16.2. The Labute approximate surface area is 160 Å². The summed E-state index contributed by atoms with van der Waals surface area (Å²) in [6.07, 6.45) is 1.02. The molecule has 0 aliphatic carbocycles.